The van der Waals surface area contributed by atoms with E-state index < -0.39 is 0 Å². The van der Waals surface area contributed by atoms with Gasteiger partial charge in [0.1, 0.15) is 4.83 Å². The second-order valence-corrected chi connectivity index (χ2v) is 9.71. The highest BCUT2D eigenvalue weighted by Gasteiger charge is 2.38. The maximum atomic E-state index is 13.3. The molecule has 0 bridgehead atoms. The molecule has 2 atom stereocenters. The number of nitrogens with one attached hydrogen (secondary N) is 1. The van der Waals surface area contributed by atoms with Gasteiger partial charge in [-0.1, -0.05) is 13.3 Å². The molecule has 3 aliphatic rings. The summed E-state index contributed by atoms with van der Waals surface area (Å²) in [6.45, 7) is 6.57. The third kappa shape index (κ3) is 2.72. The van der Waals surface area contributed by atoms with Crippen LogP contribution in [0.1, 0.15) is 49.1 Å². The van der Waals surface area contributed by atoms with Crippen molar-refractivity contribution in [2.24, 2.45) is 11.8 Å². The van der Waals surface area contributed by atoms with Crippen LogP contribution in [0.3, 0.4) is 0 Å². The molecular weight excluding hydrogens is 376 g/mol. The van der Waals surface area contributed by atoms with Crippen molar-refractivity contribution in [1.82, 2.24) is 19.4 Å². The third-order valence-electron chi connectivity index (χ3n) is 6.69. The second-order valence-electron chi connectivity index (χ2n) is 8.63. The quantitative estimate of drug-likeness (QED) is 0.835. The summed E-state index contributed by atoms with van der Waals surface area (Å²) >= 11 is 1.51. The molecule has 2 aromatic rings. The topological polar surface area (TPSA) is 76.3 Å². The van der Waals surface area contributed by atoms with Crippen molar-refractivity contribution in [2.45, 2.75) is 58.7 Å². The lowest BCUT2D eigenvalue weighted by atomic mass is 9.85. The maximum Gasteiger partial charge on any atom is 0.332 e. The molecule has 2 aliphatic carbocycles. The molecule has 2 amide bonds. The van der Waals surface area contributed by atoms with Crippen molar-refractivity contribution < 1.29 is 4.79 Å². The first-order valence-corrected chi connectivity index (χ1v) is 11.1. The Morgan fingerprint density at radius 1 is 1.21 bits per heavy atom. The number of carbonyl (C=O) groups is 1. The van der Waals surface area contributed by atoms with Crippen LogP contribution < -0.4 is 16.6 Å². The van der Waals surface area contributed by atoms with Crippen LogP contribution in [-0.4, -0.2) is 33.2 Å². The predicted molar refractivity (Wildman–Crippen MR) is 109 cm³/mol. The molecule has 3 fully saturated rings. The summed E-state index contributed by atoms with van der Waals surface area (Å²) in [5.74, 6) is 0.908. The molecule has 1 unspecified atom stereocenters. The minimum atomic E-state index is -0.148. The standard InChI is InChI=1S/C20H26N4O3S/c1-11-8-14(11)24-17(25)16-12(2)15(10-22-7-6-21-19(22)26)28-18(16)23(20(24)27)9-13-4-3-5-13/h11,13-14H,3-10H2,1-2H3,(H,21,26)/t11-,14?/m0/s1. The molecular formula is C20H26N4O3S. The van der Waals surface area contributed by atoms with Gasteiger partial charge >= 0.3 is 11.7 Å². The minimum absolute atomic E-state index is 0.0316. The van der Waals surface area contributed by atoms with E-state index in [4.69, 9.17) is 0 Å². The number of thiophene rings is 1. The lowest BCUT2D eigenvalue weighted by molar-refractivity contribution is 0.216. The van der Waals surface area contributed by atoms with Crippen molar-refractivity contribution in [1.29, 1.82) is 0 Å². The van der Waals surface area contributed by atoms with Crippen molar-refractivity contribution in [3.05, 3.63) is 31.3 Å². The Balaban J connectivity index is 1.66. The first kappa shape index (κ1) is 18.0. The molecule has 150 valence electrons. The highest BCUT2D eigenvalue weighted by molar-refractivity contribution is 7.18. The molecule has 0 spiro atoms. The molecule has 7 nitrogen and oxygen atoms in total. The fraction of sp³-hybridized carbons (Fsp3) is 0.650. The monoisotopic (exact) mass is 402 g/mol. The highest BCUT2D eigenvalue weighted by atomic mass is 32.1. The van der Waals surface area contributed by atoms with Crippen LogP contribution in [0.15, 0.2) is 9.59 Å². The smallest absolute Gasteiger partial charge is 0.332 e. The zero-order chi connectivity index (χ0) is 19.6. The number of nitrogens with zero attached hydrogens (tertiary/aromatic N) is 3. The number of fused-ring (bicyclic) bond motifs is 1. The van der Waals surface area contributed by atoms with Gasteiger partial charge in [0.25, 0.3) is 5.56 Å². The summed E-state index contributed by atoms with van der Waals surface area (Å²) in [5.41, 5.74) is 0.629. The van der Waals surface area contributed by atoms with E-state index in [0.29, 0.717) is 43.4 Å². The molecule has 3 heterocycles. The van der Waals surface area contributed by atoms with E-state index in [1.165, 1.54) is 22.3 Å². The van der Waals surface area contributed by atoms with Crippen LogP contribution in [0.4, 0.5) is 4.79 Å². The van der Waals surface area contributed by atoms with E-state index in [1.54, 1.807) is 4.90 Å². The third-order valence-corrected chi connectivity index (χ3v) is 7.99. The van der Waals surface area contributed by atoms with Crippen molar-refractivity contribution in [3.8, 4) is 0 Å². The van der Waals surface area contributed by atoms with Gasteiger partial charge in [0.05, 0.1) is 11.9 Å². The number of carbonyl (C=O) groups excluding carboxylic acids is 1. The van der Waals surface area contributed by atoms with Crippen LogP contribution in [0.2, 0.25) is 0 Å². The van der Waals surface area contributed by atoms with Crippen molar-refractivity contribution in [2.75, 3.05) is 13.1 Å². The van der Waals surface area contributed by atoms with E-state index in [0.717, 1.165) is 34.5 Å². The van der Waals surface area contributed by atoms with Crippen LogP contribution in [0.5, 0.6) is 0 Å². The molecule has 2 saturated carbocycles. The number of aryl methyl sites for hydroxylation is 1. The Labute approximate surface area is 166 Å². The van der Waals surface area contributed by atoms with Gasteiger partial charge in [0.15, 0.2) is 0 Å². The van der Waals surface area contributed by atoms with Gasteiger partial charge < -0.3 is 10.2 Å². The summed E-state index contributed by atoms with van der Waals surface area (Å²) in [4.78, 5) is 42.1. The van der Waals surface area contributed by atoms with Gasteiger partial charge in [-0.15, -0.1) is 11.3 Å². The first-order valence-electron chi connectivity index (χ1n) is 10.3. The van der Waals surface area contributed by atoms with E-state index in [2.05, 4.69) is 12.2 Å². The number of hydrogen-bond donors (Lipinski definition) is 1. The summed E-state index contributed by atoms with van der Waals surface area (Å²) in [5, 5.41) is 3.50. The zero-order valence-corrected chi connectivity index (χ0v) is 17.2. The molecule has 8 heteroatoms. The van der Waals surface area contributed by atoms with Crippen LogP contribution >= 0.6 is 11.3 Å². The number of aromatic nitrogens is 2. The lowest BCUT2D eigenvalue weighted by Crippen LogP contribution is -2.41. The van der Waals surface area contributed by atoms with E-state index in [1.807, 2.05) is 11.5 Å². The molecule has 0 aromatic carbocycles. The van der Waals surface area contributed by atoms with E-state index >= 15 is 0 Å². The largest absolute Gasteiger partial charge is 0.336 e. The average Bonchev–Trinajstić information content (AvgIpc) is 3.03. The maximum absolute atomic E-state index is 13.3. The molecule has 1 N–H and O–H groups in total. The molecule has 5 rings (SSSR count). The summed E-state index contributed by atoms with van der Waals surface area (Å²) < 4.78 is 3.37. The summed E-state index contributed by atoms with van der Waals surface area (Å²) in [7, 11) is 0. The fourth-order valence-corrected chi connectivity index (χ4v) is 5.76. The Morgan fingerprint density at radius 2 is 1.96 bits per heavy atom. The SMILES string of the molecule is Cc1c(CN2CCNC2=O)sc2c1c(=O)n(C1C[C@@H]1C)c(=O)n2CC1CCC1. The Bertz CT molecular complexity index is 1080. The average molecular weight is 403 g/mol. The molecule has 0 radical (unpaired) electrons. The number of urea groups is 1. The normalized spacial score (nSPS) is 24.6. The van der Waals surface area contributed by atoms with Crippen LogP contribution in [0, 0.1) is 18.8 Å². The molecule has 2 aromatic heterocycles. The number of rotatable bonds is 5. The molecule has 28 heavy (non-hydrogen) atoms. The summed E-state index contributed by atoms with van der Waals surface area (Å²) in [6.07, 6.45) is 4.42. The number of amides is 2. The highest BCUT2D eigenvalue weighted by Crippen LogP contribution is 2.41. The van der Waals surface area contributed by atoms with Gasteiger partial charge in [0, 0.05) is 30.6 Å². The van der Waals surface area contributed by atoms with Crippen molar-refractivity contribution >= 4 is 27.6 Å². The molecule has 1 saturated heterocycles. The van der Waals surface area contributed by atoms with Gasteiger partial charge in [-0.05, 0) is 43.6 Å². The van der Waals surface area contributed by atoms with E-state index in [9.17, 15) is 14.4 Å². The van der Waals surface area contributed by atoms with Crippen LogP contribution in [0.25, 0.3) is 10.2 Å². The van der Waals surface area contributed by atoms with Gasteiger partial charge in [-0.3, -0.25) is 13.9 Å². The molecule has 1 aliphatic heterocycles. The Morgan fingerprint density at radius 3 is 2.54 bits per heavy atom. The van der Waals surface area contributed by atoms with Gasteiger partial charge in [-0.25, -0.2) is 9.59 Å². The predicted octanol–water partition coefficient (Wildman–Crippen LogP) is 2.44. The van der Waals surface area contributed by atoms with Crippen LogP contribution in [-0.2, 0) is 13.1 Å². The Kier molecular flexibility index (Phi) is 4.15. The Hall–Kier alpha value is -2.09. The summed E-state index contributed by atoms with van der Waals surface area (Å²) in [6, 6.07) is -0.0305. The minimum Gasteiger partial charge on any atom is -0.336 e. The fourth-order valence-electron chi connectivity index (χ4n) is 4.45. The lowest BCUT2D eigenvalue weighted by Gasteiger charge is -2.26. The van der Waals surface area contributed by atoms with E-state index in [-0.39, 0.29) is 23.3 Å². The first-order chi connectivity index (χ1) is 13.5. The second kappa shape index (κ2) is 6.47. The number of hydrogen-bond acceptors (Lipinski definition) is 4. The van der Waals surface area contributed by atoms with Gasteiger partial charge in [0.2, 0.25) is 0 Å². The van der Waals surface area contributed by atoms with Crippen molar-refractivity contribution in [3.63, 3.8) is 0 Å². The zero-order valence-electron chi connectivity index (χ0n) is 16.4. The van der Waals surface area contributed by atoms with Gasteiger partial charge in [-0.2, -0.15) is 0 Å².